The number of H-pyrrole nitrogens is 1. The van der Waals surface area contributed by atoms with Crippen molar-refractivity contribution in [3.8, 4) is 0 Å². The number of anilines is 2. The van der Waals surface area contributed by atoms with E-state index < -0.39 is 17.9 Å². The lowest BCUT2D eigenvalue weighted by molar-refractivity contribution is 0.0660. The number of aromatic amines is 1. The number of urea groups is 1. The van der Waals surface area contributed by atoms with E-state index in [9.17, 15) is 14.4 Å². The third-order valence-electron chi connectivity index (χ3n) is 4.45. The van der Waals surface area contributed by atoms with Crippen molar-refractivity contribution in [3.05, 3.63) is 77.6 Å². The molecule has 0 spiro atoms. The molecule has 2 aromatic carbocycles. The molecule has 2 heterocycles. The summed E-state index contributed by atoms with van der Waals surface area (Å²) in [5, 5.41) is 16.1. The SMILES string of the molecule is NC(=O)c1[nH]c(Cc2ccc(C(=O)O)o2)nc1NC(=O)Nc1ccc2ccccc2c1. The van der Waals surface area contributed by atoms with Crippen molar-refractivity contribution in [1.29, 1.82) is 0 Å². The van der Waals surface area contributed by atoms with Crippen molar-refractivity contribution in [2.75, 3.05) is 10.6 Å². The number of hydrogen-bond donors (Lipinski definition) is 5. The third-order valence-corrected chi connectivity index (χ3v) is 4.45. The van der Waals surface area contributed by atoms with Gasteiger partial charge in [-0.3, -0.25) is 10.1 Å². The Morgan fingerprint density at radius 2 is 1.81 bits per heavy atom. The standard InChI is InChI=1S/C21H17N5O5/c22-18(27)17-19(25-16(24-17)10-14-7-8-15(31-14)20(28)29)26-21(30)23-13-6-5-11-3-1-2-4-12(11)9-13/h1-9H,10H2,(H2,22,27)(H,24,25)(H,28,29)(H2,23,26,30). The number of nitrogens with one attached hydrogen (secondary N) is 3. The third kappa shape index (κ3) is 4.37. The van der Waals surface area contributed by atoms with E-state index >= 15 is 0 Å². The van der Waals surface area contributed by atoms with Crippen molar-refractivity contribution in [1.82, 2.24) is 9.97 Å². The van der Waals surface area contributed by atoms with Crippen LogP contribution in [0.25, 0.3) is 10.8 Å². The monoisotopic (exact) mass is 419 g/mol. The minimum absolute atomic E-state index is 0.0502. The number of primary amides is 1. The molecule has 10 nitrogen and oxygen atoms in total. The van der Waals surface area contributed by atoms with Gasteiger partial charge in [0.15, 0.2) is 5.82 Å². The topological polar surface area (TPSA) is 163 Å². The number of carboxylic acids is 1. The Balaban J connectivity index is 1.50. The molecule has 0 bridgehead atoms. The van der Waals surface area contributed by atoms with E-state index in [1.165, 1.54) is 12.1 Å². The second-order valence-corrected chi connectivity index (χ2v) is 6.66. The minimum Gasteiger partial charge on any atom is -0.475 e. The number of aromatic carboxylic acids is 1. The molecule has 4 rings (SSSR count). The summed E-state index contributed by atoms with van der Waals surface area (Å²) in [7, 11) is 0. The molecule has 0 fully saturated rings. The Kier molecular flexibility index (Phi) is 5.10. The number of benzene rings is 2. The number of rotatable bonds is 6. The van der Waals surface area contributed by atoms with Crippen LogP contribution in [0.4, 0.5) is 16.3 Å². The highest BCUT2D eigenvalue weighted by Gasteiger charge is 2.19. The molecule has 156 valence electrons. The van der Waals surface area contributed by atoms with Crippen molar-refractivity contribution < 1.29 is 23.9 Å². The van der Waals surface area contributed by atoms with Gasteiger partial charge in [-0.2, -0.15) is 0 Å². The molecule has 0 aliphatic heterocycles. The van der Waals surface area contributed by atoms with Crippen molar-refractivity contribution in [2.45, 2.75) is 6.42 Å². The van der Waals surface area contributed by atoms with E-state index in [1.807, 2.05) is 36.4 Å². The molecule has 0 aliphatic carbocycles. The van der Waals surface area contributed by atoms with Gasteiger partial charge in [-0.25, -0.2) is 14.6 Å². The Morgan fingerprint density at radius 3 is 2.52 bits per heavy atom. The zero-order valence-corrected chi connectivity index (χ0v) is 16.0. The van der Waals surface area contributed by atoms with Crippen LogP contribution in [0, 0.1) is 0 Å². The van der Waals surface area contributed by atoms with Crippen molar-refractivity contribution in [2.24, 2.45) is 5.73 Å². The molecular weight excluding hydrogens is 402 g/mol. The molecule has 0 aliphatic rings. The maximum absolute atomic E-state index is 12.4. The Labute approximate surface area is 175 Å². The first-order valence-electron chi connectivity index (χ1n) is 9.16. The lowest BCUT2D eigenvalue weighted by Gasteiger charge is -2.07. The summed E-state index contributed by atoms with van der Waals surface area (Å²) in [5.41, 5.74) is 5.84. The molecular formula is C21H17N5O5. The van der Waals surface area contributed by atoms with Gasteiger partial charge in [0.05, 0.1) is 6.42 Å². The minimum atomic E-state index is -1.20. The maximum Gasteiger partial charge on any atom is 0.371 e. The number of carbonyl (C=O) groups is 3. The van der Waals surface area contributed by atoms with Crippen LogP contribution in [0.3, 0.4) is 0 Å². The van der Waals surface area contributed by atoms with Crippen LogP contribution < -0.4 is 16.4 Å². The van der Waals surface area contributed by atoms with E-state index in [1.54, 1.807) is 6.07 Å². The van der Waals surface area contributed by atoms with Gasteiger partial charge in [0.2, 0.25) is 5.76 Å². The fraction of sp³-hybridized carbons (Fsp3) is 0.0476. The summed E-state index contributed by atoms with van der Waals surface area (Å²) in [6.45, 7) is 0. The van der Waals surface area contributed by atoms with Crippen LogP contribution in [0.2, 0.25) is 0 Å². The highest BCUT2D eigenvalue weighted by Crippen LogP contribution is 2.20. The molecule has 0 saturated carbocycles. The van der Waals surface area contributed by atoms with Gasteiger partial charge in [-0.15, -0.1) is 0 Å². The lowest BCUT2D eigenvalue weighted by Crippen LogP contribution is -2.22. The first-order chi connectivity index (χ1) is 14.9. The van der Waals surface area contributed by atoms with E-state index in [4.69, 9.17) is 15.3 Å². The van der Waals surface area contributed by atoms with Gasteiger partial charge in [-0.1, -0.05) is 30.3 Å². The predicted molar refractivity (Wildman–Crippen MR) is 112 cm³/mol. The molecule has 10 heteroatoms. The van der Waals surface area contributed by atoms with Crippen LogP contribution in [0.15, 0.2) is 59.0 Å². The number of imidazole rings is 1. The van der Waals surface area contributed by atoms with Crippen LogP contribution >= 0.6 is 0 Å². The highest BCUT2D eigenvalue weighted by molar-refractivity contribution is 6.05. The van der Waals surface area contributed by atoms with Crippen molar-refractivity contribution in [3.63, 3.8) is 0 Å². The quantitative estimate of drug-likeness (QED) is 0.322. The van der Waals surface area contributed by atoms with Gasteiger partial charge < -0.3 is 25.6 Å². The molecule has 0 radical (unpaired) electrons. The Hall–Kier alpha value is -4.60. The summed E-state index contributed by atoms with van der Waals surface area (Å²) < 4.78 is 5.18. The van der Waals surface area contributed by atoms with E-state index in [2.05, 4.69) is 20.6 Å². The number of nitrogens with two attached hydrogens (primary N) is 1. The van der Waals surface area contributed by atoms with Crippen molar-refractivity contribution >= 4 is 40.2 Å². The average molecular weight is 419 g/mol. The number of hydrogen-bond acceptors (Lipinski definition) is 5. The number of fused-ring (bicyclic) bond motifs is 1. The Bertz CT molecular complexity index is 1310. The first kappa shape index (κ1) is 19.7. The highest BCUT2D eigenvalue weighted by atomic mass is 16.4. The second-order valence-electron chi connectivity index (χ2n) is 6.66. The van der Waals surface area contributed by atoms with Gasteiger partial charge in [0, 0.05) is 5.69 Å². The number of carbonyl (C=O) groups excluding carboxylic acids is 2. The normalized spacial score (nSPS) is 10.7. The lowest BCUT2D eigenvalue weighted by atomic mass is 10.1. The van der Waals surface area contributed by atoms with Gasteiger partial charge >= 0.3 is 12.0 Å². The Morgan fingerprint density at radius 1 is 1.03 bits per heavy atom. The molecule has 6 N–H and O–H groups in total. The fourth-order valence-electron chi connectivity index (χ4n) is 3.06. The molecule has 0 atom stereocenters. The van der Waals surface area contributed by atoms with Crippen LogP contribution in [-0.4, -0.2) is 33.0 Å². The number of furan rings is 1. The molecule has 2 aromatic heterocycles. The van der Waals surface area contributed by atoms with E-state index in [0.717, 1.165) is 10.8 Å². The van der Waals surface area contributed by atoms with Crippen LogP contribution in [-0.2, 0) is 6.42 Å². The summed E-state index contributed by atoms with van der Waals surface area (Å²) in [6, 6.07) is 15.3. The van der Waals surface area contributed by atoms with E-state index in [0.29, 0.717) is 11.4 Å². The summed E-state index contributed by atoms with van der Waals surface area (Å²) in [5.74, 6) is -1.70. The average Bonchev–Trinajstić information content (AvgIpc) is 3.35. The number of carboxylic acid groups (broad SMARTS) is 1. The number of nitrogens with zero attached hydrogens (tertiary/aromatic N) is 1. The zero-order valence-electron chi connectivity index (χ0n) is 16.0. The van der Waals surface area contributed by atoms with Crippen LogP contribution in [0.5, 0.6) is 0 Å². The molecule has 0 saturated heterocycles. The smallest absolute Gasteiger partial charge is 0.371 e. The predicted octanol–water partition coefficient (Wildman–Crippen LogP) is 3.19. The number of amides is 3. The second kappa shape index (κ2) is 8.03. The van der Waals surface area contributed by atoms with Crippen LogP contribution in [0.1, 0.15) is 32.6 Å². The van der Waals surface area contributed by atoms with Gasteiger partial charge in [0.1, 0.15) is 17.3 Å². The molecule has 31 heavy (non-hydrogen) atoms. The maximum atomic E-state index is 12.4. The molecule has 4 aromatic rings. The molecule has 0 unspecified atom stereocenters. The van der Waals surface area contributed by atoms with E-state index in [-0.39, 0.29) is 29.5 Å². The fourth-order valence-corrected chi connectivity index (χ4v) is 3.06. The summed E-state index contributed by atoms with van der Waals surface area (Å²) in [6.07, 6.45) is 0.0710. The number of aromatic nitrogens is 2. The molecule has 3 amide bonds. The van der Waals surface area contributed by atoms with Gasteiger partial charge in [-0.05, 0) is 35.0 Å². The first-order valence-corrected chi connectivity index (χ1v) is 9.16. The summed E-state index contributed by atoms with van der Waals surface area (Å²) in [4.78, 5) is 42.0. The zero-order chi connectivity index (χ0) is 22.0. The largest absolute Gasteiger partial charge is 0.475 e. The summed E-state index contributed by atoms with van der Waals surface area (Å²) >= 11 is 0. The van der Waals surface area contributed by atoms with Gasteiger partial charge in [0.25, 0.3) is 5.91 Å².